The Labute approximate surface area is 136 Å². The fourth-order valence-corrected chi connectivity index (χ4v) is 3.16. The molecular weight excluding hydrogens is 286 g/mol. The van der Waals surface area contributed by atoms with Gasteiger partial charge in [0.05, 0.1) is 11.4 Å². The summed E-state index contributed by atoms with van der Waals surface area (Å²) in [6.07, 6.45) is 2.38. The second-order valence-corrected chi connectivity index (χ2v) is 6.27. The number of nitrogens with zero attached hydrogens (tertiary/aromatic N) is 3. The van der Waals surface area contributed by atoms with Gasteiger partial charge in [0.25, 0.3) is 0 Å². The Morgan fingerprint density at radius 1 is 1.09 bits per heavy atom. The average molecular weight is 307 g/mol. The van der Waals surface area contributed by atoms with Gasteiger partial charge < -0.3 is 9.14 Å². The minimum atomic E-state index is 0.288. The van der Waals surface area contributed by atoms with Crippen LogP contribution in [0.25, 0.3) is 5.65 Å². The molecule has 3 aromatic rings. The Bertz CT molecular complexity index is 834. The molecule has 0 saturated carbocycles. The van der Waals surface area contributed by atoms with E-state index < -0.39 is 0 Å². The second kappa shape index (κ2) is 5.70. The number of fused-ring (bicyclic) bond motifs is 1. The summed E-state index contributed by atoms with van der Waals surface area (Å²) >= 11 is 0. The van der Waals surface area contributed by atoms with Crippen LogP contribution < -0.4 is 4.74 Å². The van der Waals surface area contributed by atoms with Crippen LogP contribution in [0, 0.1) is 13.8 Å². The summed E-state index contributed by atoms with van der Waals surface area (Å²) in [7, 11) is 0. The third kappa shape index (κ3) is 2.70. The Morgan fingerprint density at radius 3 is 2.70 bits per heavy atom. The molecule has 0 N–H and O–H groups in total. The van der Waals surface area contributed by atoms with Gasteiger partial charge in [0, 0.05) is 25.8 Å². The van der Waals surface area contributed by atoms with Crippen molar-refractivity contribution in [1.29, 1.82) is 0 Å². The van der Waals surface area contributed by atoms with E-state index in [1.807, 2.05) is 24.3 Å². The molecule has 1 aliphatic heterocycles. The van der Waals surface area contributed by atoms with Crippen molar-refractivity contribution in [3.63, 3.8) is 0 Å². The lowest BCUT2D eigenvalue weighted by molar-refractivity contribution is 0.0131. The summed E-state index contributed by atoms with van der Waals surface area (Å²) in [4.78, 5) is 7.04. The van der Waals surface area contributed by atoms with Crippen LogP contribution in [0.5, 0.6) is 5.75 Å². The minimum absolute atomic E-state index is 0.288. The van der Waals surface area contributed by atoms with E-state index in [1.165, 1.54) is 11.3 Å². The summed E-state index contributed by atoms with van der Waals surface area (Å²) in [5.41, 5.74) is 4.60. The third-order valence-corrected chi connectivity index (χ3v) is 4.51. The van der Waals surface area contributed by atoms with Crippen molar-refractivity contribution in [3.05, 3.63) is 65.6 Å². The highest BCUT2D eigenvalue weighted by atomic mass is 16.5. The molecule has 1 aromatic carbocycles. The van der Waals surface area contributed by atoms with Gasteiger partial charge in [-0.05, 0) is 37.6 Å². The van der Waals surface area contributed by atoms with Crippen LogP contribution in [0.2, 0.25) is 0 Å². The summed E-state index contributed by atoms with van der Waals surface area (Å²) in [5, 5.41) is 0. The molecule has 0 amide bonds. The fraction of sp³-hybridized carbons (Fsp3) is 0.316. The van der Waals surface area contributed by atoms with Gasteiger partial charge in [0.2, 0.25) is 0 Å². The molecule has 0 spiro atoms. The van der Waals surface area contributed by atoms with Crippen LogP contribution >= 0.6 is 0 Å². The number of aromatic nitrogens is 2. The number of para-hydroxylation sites is 1. The Kier molecular flexibility index (Phi) is 3.54. The topological polar surface area (TPSA) is 29.8 Å². The molecule has 118 valence electrons. The van der Waals surface area contributed by atoms with E-state index in [-0.39, 0.29) is 6.10 Å². The van der Waals surface area contributed by atoms with Crippen molar-refractivity contribution in [3.8, 4) is 5.75 Å². The lowest BCUT2D eigenvalue weighted by atomic mass is 10.1. The van der Waals surface area contributed by atoms with Gasteiger partial charge in [0.15, 0.2) is 0 Å². The lowest BCUT2D eigenvalue weighted by Gasteiger charge is -2.39. The van der Waals surface area contributed by atoms with Gasteiger partial charge in [-0.3, -0.25) is 4.90 Å². The van der Waals surface area contributed by atoms with Crippen molar-refractivity contribution in [2.45, 2.75) is 26.5 Å². The van der Waals surface area contributed by atoms with Gasteiger partial charge >= 0.3 is 0 Å². The number of pyridine rings is 1. The molecule has 0 aliphatic carbocycles. The maximum Gasteiger partial charge on any atom is 0.137 e. The molecule has 4 rings (SSSR count). The van der Waals surface area contributed by atoms with Gasteiger partial charge in [-0.25, -0.2) is 4.98 Å². The molecule has 1 saturated heterocycles. The van der Waals surface area contributed by atoms with Gasteiger partial charge in [-0.1, -0.05) is 24.3 Å². The largest absolute Gasteiger partial charge is 0.487 e. The number of benzene rings is 1. The number of hydrogen-bond donors (Lipinski definition) is 0. The van der Waals surface area contributed by atoms with Crippen molar-refractivity contribution >= 4 is 5.65 Å². The van der Waals surface area contributed by atoms with Crippen LogP contribution in [-0.2, 0) is 6.54 Å². The molecule has 0 radical (unpaired) electrons. The van der Waals surface area contributed by atoms with Crippen molar-refractivity contribution in [2.24, 2.45) is 0 Å². The number of likely N-dealkylation sites (tertiary alicyclic amines) is 1. The van der Waals surface area contributed by atoms with Crippen molar-refractivity contribution < 1.29 is 4.74 Å². The predicted molar refractivity (Wildman–Crippen MR) is 90.8 cm³/mol. The summed E-state index contributed by atoms with van der Waals surface area (Å²) in [5.74, 6) is 1.00. The first-order valence-corrected chi connectivity index (χ1v) is 8.08. The average Bonchev–Trinajstić information content (AvgIpc) is 2.83. The van der Waals surface area contributed by atoms with E-state index in [0.29, 0.717) is 0 Å². The molecule has 0 bridgehead atoms. The van der Waals surface area contributed by atoms with E-state index in [9.17, 15) is 0 Å². The molecule has 23 heavy (non-hydrogen) atoms. The monoisotopic (exact) mass is 307 g/mol. The molecule has 0 unspecified atom stereocenters. The normalized spacial score (nSPS) is 15.7. The van der Waals surface area contributed by atoms with Crippen LogP contribution in [0.15, 0.2) is 48.7 Å². The van der Waals surface area contributed by atoms with Crippen LogP contribution in [0.1, 0.15) is 17.0 Å². The Morgan fingerprint density at radius 2 is 1.87 bits per heavy atom. The van der Waals surface area contributed by atoms with E-state index >= 15 is 0 Å². The highest BCUT2D eigenvalue weighted by Gasteiger charge is 2.29. The maximum atomic E-state index is 6.08. The zero-order valence-corrected chi connectivity index (χ0v) is 13.6. The molecule has 1 fully saturated rings. The summed E-state index contributed by atoms with van der Waals surface area (Å²) in [6, 6.07) is 14.3. The highest BCUT2D eigenvalue weighted by Crippen LogP contribution is 2.23. The number of aryl methyl sites for hydroxylation is 2. The third-order valence-electron chi connectivity index (χ3n) is 4.51. The quantitative estimate of drug-likeness (QED) is 0.741. The molecule has 4 heteroatoms. The summed E-state index contributed by atoms with van der Waals surface area (Å²) < 4.78 is 8.27. The number of hydrogen-bond acceptors (Lipinski definition) is 3. The summed E-state index contributed by atoms with van der Waals surface area (Å²) in [6.45, 7) is 7.03. The predicted octanol–water partition coefficient (Wildman–Crippen LogP) is 3.21. The second-order valence-electron chi connectivity index (χ2n) is 6.27. The maximum absolute atomic E-state index is 6.08. The molecule has 2 aromatic heterocycles. The fourth-order valence-electron chi connectivity index (χ4n) is 3.16. The van der Waals surface area contributed by atoms with Crippen LogP contribution in [0.4, 0.5) is 0 Å². The molecule has 0 atom stereocenters. The minimum Gasteiger partial charge on any atom is -0.487 e. The SMILES string of the molecule is Cc1ccccc1OC1CN(Cc2c(C)nc3ccccn23)C1. The zero-order valence-electron chi connectivity index (χ0n) is 13.6. The standard InChI is InChI=1S/C19H21N3O/c1-14-7-3-4-8-18(14)23-16-11-21(12-16)13-17-15(2)20-19-9-5-6-10-22(17)19/h3-10,16H,11-13H2,1-2H3. The van der Waals surface area contributed by atoms with E-state index in [2.05, 4.69) is 52.5 Å². The smallest absolute Gasteiger partial charge is 0.137 e. The van der Waals surface area contributed by atoms with Crippen LogP contribution in [-0.4, -0.2) is 33.5 Å². The highest BCUT2D eigenvalue weighted by molar-refractivity contribution is 5.42. The van der Waals surface area contributed by atoms with Crippen molar-refractivity contribution in [2.75, 3.05) is 13.1 Å². The van der Waals surface area contributed by atoms with E-state index in [4.69, 9.17) is 4.74 Å². The Hall–Kier alpha value is -2.33. The molecule has 4 nitrogen and oxygen atoms in total. The number of rotatable bonds is 4. The first kappa shape index (κ1) is 14.3. The number of imidazole rings is 1. The van der Waals surface area contributed by atoms with E-state index in [1.54, 1.807) is 0 Å². The first-order chi connectivity index (χ1) is 11.2. The van der Waals surface area contributed by atoms with Crippen molar-refractivity contribution in [1.82, 2.24) is 14.3 Å². The van der Waals surface area contributed by atoms with Gasteiger partial charge in [-0.2, -0.15) is 0 Å². The lowest BCUT2D eigenvalue weighted by Crippen LogP contribution is -2.53. The van der Waals surface area contributed by atoms with Gasteiger partial charge in [0.1, 0.15) is 17.5 Å². The Balaban J connectivity index is 1.41. The molecule has 1 aliphatic rings. The number of ether oxygens (including phenoxy) is 1. The van der Waals surface area contributed by atoms with Gasteiger partial charge in [-0.15, -0.1) is 0 Å². The molecular formula is C19H21N3O. The molecule has 3 heterocycles. The van der Waals surface area contributed by atoms with E-state index in [0.717, 1.165) is 36.7 Å². The first-order valence-electron chi connectivity index (χ1n) is 8.08. The van der Waals surface area contributed by atoms with Crippen LogP contribution in [0.3, 0.4) is 0 Å². The zero-order chi connectivity index (χ0) is 15.8.